The lowest BCUT2D eigenvalue weighted by Crippen LogP contribution is -2.37. The van der Waals surface area contributed by atoms with Crippen LogP contribution in [0.4, 0.5) is 5.69 Å². The van der Waals surface area contributed by atoms with Gasteiger partial charge in [-0.2, -0.15) is 0 Å². The molecule has 2 fully saturated rings. The monoisotopic (exact) mass is 267 g/mol. The molecule has 4 rings (SSSR count). The maximum atomic E-state index is 12.9. The maximum Gasteiger partial charge on any atom is 0.241 e. The van der Waals surface area contributed by atoms with Crippen molar-refractivity contribution in [3.63, 3.8) is 0 Å². The standard InChI is InChI=1S/C17H17NO2/c1-10-3-7-13(8-4-10)18-15(19)14-11-5-6-12(9-11)17(14,2)16(18)20/h3-8,11-12,14H,9H2,1-2H3/t11-,12-,14-,17-/m0/s1. The van der Waals surface area contributed by atoms with Crippen LogP contribution >= 0.6 is 0 Å². The number of imide groups is 1. The van der Waals surface area contributed by atoms with E-state index in [2.05, 4.69) is 12.2 Å². The van der Waals surface area contributed by atoms with Crippen LogP contribution < -0.4 is 4.90 Å². The first-order valence-electron chi connectivity index (χ1n) is 7.17. The Hall–Kier alpha value is -1.90. The molecule has 20 heavy (non-hydrogen) atoms. The third-order valence-corrected chi connectivity index (χ3v) is 5.40. The highest BCUT2D eigenvalue weighted by Gasteiger charge is 2.67. The fourth-order valence-electron chi connectivity index (χ4n) is 4.24. The molecule has 0 radical (unpaired) electrons. The Balaban J connectivity index is 1.80. The minimum absolute atomic E-state index is 0.0156. The molecular formula is C17H17NO2. The number of fused-ring (bicyclic) bond motifs is 5. The molecule has 4 atom stereocenters. The van der Waals surface area contributed by atoms with E-state index < -0.39 is 5.41 Å². The van der Waals surface area contributed by atoms with Gasteiger partial charge in [0, 0.05) is 0 Å². The quantitative estimate of drug-likeness (QED) is 0.579. The van der Waals surface area contributed by atoms with E-state index in [4.69, 9.17) is 0 Å². The molecule has 1 saturated heterocycles. The van der Waals surface area contributed by atoms with Crippen molar-refractivity contribution in [2.75, 3.05) is 4.90 Å². The molecule has 0 aromatic heterocycles. The Morgan fingerprint density at radius 1 is 1.15 bits per heavy atom. The number of aryl methyl sites for hydroxylation is 1. The number of amides is 2. The molecule has 0 N–H and O–H groups in total. The van der Waals surface area contributed by atoms with Crippen molar-refractivity contribution in [2.45, 2.75) is 20.3 Å². The van der Waals surface area contributed by atoms with Crippen LogP contribution in [0.2, 0.25) is 0 Å². The summed E-state index contributed by atoms with van der Waals surface area (Å²) in [6, 6.07) is 7.62. The summed E-state index contributed by atoms with van der Waals surface area (Å²) < 4.78 is 0. The van der Waals surface area contributed by atoms with Gasteiger partial charge in [0.2, 0.25) is 11.8 Å². The van der Waals surface area contributed by atoms with Gasteiger partial charge in [-0.3, -0.25) is 9.59 Å². The highest BCUT2D eigenvalue weighted by Crippen LogP contribution is 2.60. The van der Waals surface area contributed by atoms with Gasteiger partial charge in [0.15, 0.2) is 0 Å². The van der Waals surface area contributed by atoms with E-state index in [0.29, 0.717) is 5.69 Å². The Morgan fingerprint density at radius 3 is 2.50 bits per heavy atom. The summed E-state index contributed by atoms with van der Waals surface area (Å²) in [5.41, 5.74) is 1.31. The number of anilines is 1. The molecule has 2 amide bonds. The molecule has 2 aliphatic carbocycles. The summed E-state index contributed by atoms with van der Waals surface area (Å²) >= 11 is 0. The number of hydrogen-bond acceptors (Lipinski definition) is 2. The van der Waals surface area contributed by atoms with Crippen LogP contribution in [0.3, 0.4) is 0 Å². The SMILES string of the molecule is Cc1ccc(N2C(=O)[C@@H]3[C@H]4C=C[C@@H](C4)[C@]3(C)C2=O)cc1. The zero-order valence-electron chi connectivity index (χ0n) is 11.7. The fourth-order valence-corrected chi connectivity index (χ4v) is 4.24. The van der Waals surface area contributed by atoms with E-state index in [1.807, 2.05) is 38.1 Å². The van der Waals surface area contributed by atoms with Crippen LogP contribution in [0.1, 0.15) is 18.9 Å². The molecule has 1 heterocycles. The molecule has 0 unspecified atom stereocenters. The minimum Gasteiger partial charge on any atom is -0.274 e. The van der Waals surface area contributed by atoms with E-state index in [-0.39, 0.29) is 29.6 Å². The van der Waals surface area contributed by atoms with Crippen molar-refractivity contribution >= 4 is 17.5 Å². The molecule has 102 valence electrons. The van der Waals surface area contributed by atoms with E-state index in [0.717, 1.165) is 12.0 Å². The van der Waals surface area contributed by atoms with Crippen molar-refractivity contribution in [1.82, 2.24) is 0 Å². The first-order chi connectivity index (χ1) is 9.53. The topological polar surface area (TPSA) is 37.4 Å². The highest BCUT2D eigenvalue weighted by molar-refractivity contribution is 6.24. The molecule has 1 aromatic carbocycles. The third-order valence-electron chi connectivity index (χ3n) is 5.40. The van der Waals surface area contributed by atoms with Crippen molar-refractivity contribution in [2.24, 2.45) is 23.2 Å². The normalized spacial score (nSPS) is 37.9. The summed E-state index contributed by atoms with van der Waals surface area (Å²) in [7, 11) is 0. The van der Waals surface area contributed by atoms with Crippen LogP contribution in [0.25, 0.3) is 0 Å². The predicted molar refractivity (Wildman–Crippen MR) is 76.0 cm³/mol. The largest absolute Gasteiger partial charge is 0.274 e. The summed E-state index contributed by atoms with van der Waals surface area (Å²) in [4.78, 5) is 27.0. The zero-order valence-corrected chi connectivity index (χ0v) is 11.7. The van der Waals surface area contributed by atoms with Crippen molar-refractivity contribution in [1.29, 1.82) is 0 Å². The molecule has 1 aliphatic heterocycles. The zero-order chi connectivity index (χ0) is 14.1. The van der Waals surface area contributed by atoms with E-state index in [1.165, 1.54) is 4.90 Å². The van der Waals surface area contributed by atoms with Crippen LogP contribution in [0.15, 0.2) is 36.4 Å². The van der Waals surface area contributed by atoms with Gasteiger partial charge in [0.1, 0.15) is 0 Å². The number of nitrogens with zero attached hydrogens (tertiary/aromatic N) is 1. The number of benzene rings is 1. The van der Waals surface area contributed by atoms with Crippen LogP contribution in [-0.2, 0) is 9.59 Å². The van der Waals surface area contributed by atoms with E-state index >= 15 is 0 Å². The molecule has 2 bridgehead atoms. The number of carbonyl (C=O) groups is 2. The number of rotatable bonds is 1. The number of hydrogen-bond donors (Lipinski definition) is 0. The van der Waals surface area contributed by atoms with Gasteiger partial charge in [0.05, 0.1) is 17.0 Å². The fraction of sp³-hybridized carbons (Fsp3) is 0.412. The molecule has 3 heteroatoms. The third kappa shape index (κ3) is 1.21. The molecule has 3 aliphatic rings. The lowest BCUT2D eigenvalue weighted by Gasteiger charge is -2.28. The molecular weight excluding hydrogens is 250 g/mol. The molecule has 0 spiro atoms. The van der Waals surface area contributed by atoms with Crippen LogP contribution in [0, 0.1) is 30.1 Å². The van der Waals surface area contributed by atoms with Gasteiger partial charge in [-0.1, -0.05) is 29.8 Å². The minimum atomic E-state index is -0.526. The van der Waals surface area contributed by atoms with Crippen LogP contribution in [0.5, 0.6) is 0 Å². The van der Waals surface area contributed by atoms with Gasteiger partial charge >= 0.3 is 0 Å². The van der Waals surface area contributed by atoms with Crippen molar-refractivity contribution < 1.29 is 9.59 Å². The van der Waals surface area contributed by atoms with Gasteiger partial charge in [-0.25, -0.2) is 4.90 Å². The number of allylic oxidation sites excluding steroid dienone is 2. The lowest BCUT2D eigenvalue weighted by atomic mass is 9.71. The van der Waals surface area contributed by atoms with Gasteiger partial charge in [-0.05, 0) is 44.2 Å². The average molecular weight is 267 g/mol. The first kappa shape index (κ1) is 11.9. The predicted octanol–water partition coefficient (Wildman–Crippen LogP) is 2.70. The van der Waals surface area contributed by atoms with E-state index in [9.17, 15) is 9.59 Å². The highest BCUT2D eigenvalue weighted by atomic mass is 16.2. The molecule has 1 aromatic rings. The Labute approximate surface area is 118 Å². The summed E-state index contributed by atoms with van der Waals surface area (Å²) in [5.74, 6) is 0.277. The van der Waals surface area contributed by atoms with Gasteiger partial charge in [-0.15, -0.1) is 0 Å². The van der Waals surface area contributed by atoms with Crippen molar-refractivity contribution in [3.8, 4) is 0 Å². The average Bonchev–Trinajstić information content (AvgIpc) is 3.05. The Bertz CT molecular complexity index is 645. The van der Waals surface area contributed by atoms with Crippen molar-refractivity contribution in [3.05, 3.63) is 42.0 Å². The Morgan fingerprint density at radius 2 is 1.85 bits per heavy atom. The summed E-state index contributed by atoms with van der Waals surface area (Å²) in [6.45, 7) is 3.97. The van der Waals surface area contributed by atoms with E-state index in [1.54, 1.807) is 0 Å². The molecule has 1 saturated carbocycles. The second-order valence-corrected chi connectivity index (χ2v) is 6.47. The second-order valence-electron chi connectivity index (χ2n) is 6.47. The van der Waals surface area contributed by atoms with Crippen LogP contribution in [-0.4, -0.2) is 11.8 Å². The maximum absolute atomic E-state index is 12.9. The van der Waals surface area contributed by atoms with Gasteiger partial charge in [0.25, 0.3) is 0 Å². The van der Waals surface area contributed by atoms with Gasteiger partial charge < -0.3 is 0 Å². The summed E-state index contributed by atoms with van der Waals surface area (Å²) in [5, 5.41) is 0. The smallest absolute Gasteiger partial charge is 0.241 e. The summed E-state index contributed by atoms with van der Waals surface area (Å²) in [6.07, 6.45) is 5.21. The molecule has 3 nitrogen and oxygen atoms in total. The Kier molecular flexibility index (Phi) is 2.14. The second kappa shape index (κ2) is 3.60. The first-order valence-corrected chi connectivity index (χ1v) is 7.17. The number of carbonyl (C=O) groups excluding carboxylic acids is 2. The lowest BCUT2D eigenvalue weighted by molar-refractivity contribution is -0.127.